The molecule has 1 aromatic rings. The van der Waals surface area contributed by atoms with Crippen LogP contribution in [-0.4, -0.2) is 17.8 Å². The van der Waals surface area contributed by atoms with Crippen LogP contribution in [0.3, 0.4) is 0 Å². The second-order valence-corrected chi connectivity index (χ2v) is 5.56. The van der Waals surface area contributed by atoms with Crippen LogP contribution in [-0.2, 0) is 0 Å². The Morgan fingerprint density at radius 1 is 1.38 bits per heavy atom. The average molecular weight is 239 g/mol. The molecule has 0 bridgehead atoms. The van der Waals surface area contributed by atoms with Crippen molar-refractivity contribution in [1.82, 2.24) is 5.32 Å². The molecule has 1 atom stereocenters. The number of rotatable bonds is 5. The summed E-state index contributed by atoms with van der Waals surface area (Å²) in [5.41, 5.74) is 0. The number of hydrogen-bond acceptors (Lipinski definition) is 3. The van der Waals surface area contributed by atoms with E-state index in [2.05, 4.69) is 22.8 Å². The van der Waals surface area contributed by atoms with E-state index in [9.17, 15) is 0 Å². The molecule has 2 nitrogen and oxygen atoms in total. The molecule has 2 rings (SSSR count). The fourth-order valence-electron chi connectivity index (χ4n) is 2.48. The molecule has 0 aromatic carbocycles. The first-order chi connectivity index (χ1) is 7.90. The van der Waals surface area contributed by atoms with E-state index in [1.54, 1.807) is 11.3 Å². The van der Waals surface area contributed by atoms with Gasteiger partial charge in [0, 0.05) is 23.6 Å². The van der Waals surface area contributed by atoms with Gasteiger partial charge in [-0.3, -0.25) is 0 Å². The fraction of sp³-hybridized carbons (Fsp3) is 0.692. The summed E-state index contributed by atoms with van der Waals surface area (Å²) < 4.78 is 0. The van der Waals surface area contributed by atoms with E-state index < -0.39 is 0 Å². The Morgan fingerprint density at radius 2 is 2.19 bits per heavy atom. The van der Waals surface area contributed by atoms with Gasteiger partial charge in [0.15, 0.2) is 0 Å². The number of aliphatic hydroxyl groups is 1. The van der Waals surface area contributed by atoms with Crippen molar-refractivity contribution >= 4 is 11.3 Å². The Kier molecular flexibility index (Phi) is 4.82. The molecule has 16 heavy (non-hydrogen) atoms. The SMILES string of the molecule is OCCC(NC1CCCCC1)c1cccs1. The number of nitrogens with one attached hydrogen (secondary N) is 1. The van der Waals surface area contributed by atoms with Crippen molar-refractivity contribution in [1.29, 1.82) is 0 Å². The topological polar surface area (TPSA) is 32.3 Å². The minimum atomic E-state index is 0.266. The zero-order chi connectivity index (χ0) is 11.2. The fourth-order valence-corrected chi connectivity index (χ4v) is 3.30. The third-order valence-electron chi connectivity index (χ3n) is 3.35. The maximum atomic E-state index is 9.13. The van der Waals surface area contributed by atoms with Crippen LogP contribution < -0.4 is 5.32 Å². The van der Waals surface area contributed by atoms with E-state index >= 15 is 0 Å². The minimum Gasteiger partial charge on any atom is -0.396 e. The smallest absolute Gasteiger partial charge is 0.0449 e. The summed E-state index contributed by atoms with van der Waals surface area (Å²) >= 11 is 1.79. The molecule has 0 saturated heterocycles. The lowest BCUT2D eigenvalue weighted by molar-refractivity contribution is 0.250. The first-order valence-corrected chi connectivity index (χ1v) is 7.18. The Hall–Kier alpha value is -0.380. The van der Waals surface area contributed by atoms with Crippen molar-refractivity contribution in [2.24, 2.45) is 0 Å². The summed E-state index contributed by atoms with van der Waals surface area (Å²) in [5.74, 6) is 0. The first-order valence-electron chi connectivity index (χ1n) is 6.30. The molecule has 3 heteroatoms. The van der Waals surface area contributed by atoms with Crippen LogP contribution in [0.2, 0.25) is 0 Å². The molecule has 0 amide bonds. The molecule has 1 fully saturated rings. The lowest BCUT2D eigenvalue weighted by Crippen LogP contribution is -2.34. The molecule has 1 aliphatic carbocycles. The summed E-state index contributed by atoms with van der Waals surface area (Å²) in [4.78, 5) is 1.36. The minimum absolute atomic E-state index is 0.266. The maximum Gasteiger partial charge on any atom is 0.0449 e. The van der Waals surface area contributed by atoms with Gasteiger partial charge in [0.05, 0.1) is 0 Å². The van der Waals surface area contributed by atoms with Gasteiger partial charge in [0.25, 0.3) is 0 Å². The molecule has 0 radical (unpaired) electrons. The Morgan fingerprint density at radius 3 is 2.81 bits per heavy atom. The Labute approximate surface area is 102 Å². The highest BCUT2D eigenvalue weighted by Crippen LogP contribution is 2.25. The molecule has 1 heterocycles. The lowest BCUT2D eigenvalue weighted by atomic mass is 9.94. The molecule has 2 N–H and O–H groups in total. The van der Waals surface area contributed by atoms with Crippen LogP contribution in [0.15, 0.2) is 17.5 Å². The third kappa shape index (κ3) is 3.30. The van der Waals surface area contributed by atoms with Gasteiger partial charge in [-0.15, -0.1) is 11.3 Å². The molecule has 0 aliphatic heterocycles. The molecular formula is C13H21NOS. The van der Waals surface area contributed by atoms with Gasteiger partial charge in [-0.1, -0.05) is 25.3 Å². The predicted octanol–water partition coefficient (Wildman–Crippen LogP) is 3.09. The third-order valence-corrected chi connectivity index (χ3v) is 4.33. The molecule has 1 aromatic heterocycles. The lowest BCUT2D eigenvalue weighted by Gasteiger charge is -2.27. The number of aliphatic hydroxyl groups excluding tert-OH is 1. The second-order valence-electron chi connectivity index (χ2n) is 4.58. The summed E-state index contributed by atoms with van der Waals surface area (Å²) in [6, 6.07) is 5.27. The molecule has 1 saturated carbocycles. The Balaban J connectivity index is 1.91. The van der Waals surface area contributed by atoms with Crippen LogP contribution in [0.1, 0.15) is 49.4 Å². The molecule has 1 unspecified atom stereocenters. The molecule has 0 spiro atoms. The van der Waals surface area contributed by atoms with E-state index in [0.29, 0.717) is 12.1 Å². The van der Waals surface area contributed by atoms with Crippen LogP contribution in [0.25, 0.3) is 0 Å². The first kappa shape index (κ1) is 12.1. The summed E-state index contributed by atoms with van der Waals surface area (Å²) in [6.07, 6.45) is 7.53. The van der Waals surface area contributed by atoms with Crippen molar-refractivity contribution in [2.45, 2.75) is 50.6 Å². The summed E-state index contributed by atoms with van der Waals surface area (Å²) in [6.45, 7) is 0.266. The van der Waals surface area contributed by atoms with Gasteiger partial charge in [-0.25, -0.2) is 0 Å². The van der Waals surface area contributed by atoms with Gasteiger partial charge >= 0.3 is 0 Å². The highest BCUT2D eigenvalue weighted by molar-refractivity contribution is 7.10. The van der Waals surface area contributed by atoms with Gasteiger partial charge < -0.3 is 10.4 Å². The van der Waals surface area contributed by atoms with Crippen LogP contribution in [0.5, 0.6) is 0 Å². The average Bonchev–Trinajstić information content (AvgIpc) is 2.83. The van der Waals surface area contributed by atoms with Crippen molar-refractivity contribution < 1.29 is 5.11 Å². The van der Waals surface area contributed by atoms with Gasteiger partial charge in [0.1, 0.15) is 0 Å². The van der Waals surface area contributed by atoms with E-state index in [1.165, 1.54) is 37.0 Å². The van der Waals surface area contributed by atoms with Crippen molar-refractivity contribution in [3.05, 3.63) is 22.4 Å². The monoisotopic (exact) mass is 239 g/mol. The zero-order valence-corrected chi connectivity index (χ0v) is 10.5. The zero-order valence-electron chi connectivity index (χ0n) is 9.69. The van der Waals surface area contributed by atoms with E-state index in [-0.39, 0.29) is 6.61 Å². The van der Waals surface area contributed by atoms with Gasteiger partial charge in [-0.05, 0) is 30.7 Å². The largest absolute Gasteiger partial charge is 0.396 e. The normalized spacial score (nSPS) is 19.8. The quantitative estimate of drug-likeness (QED) is 0.827. The van der Waals surface area contributed by atoms with Crippen molar-refractivity contribution in [3.63, 3.8) is 0 Å². The highest BCUT2D eigenvalue weighted by atomic mass is 32.1. The summed E-state index contributed by atoms with van der Waals surface area (Å²) in [7, 11) is 0. The van der Waals surface area contributed by atoms with Crippen molar-refractivity contribution in [3.8, 4) is 0 Å². The van der Waals surface area contributed by atoms with Crippen LogP contribution in [0, 0.1) is 0 Å². The molecular weight excluding hydrogens is 218 g/mol. The Bertz CT molecular complexity index is 280. The second kappa shape index (κ2) is 6.38. The predicted molar refractivity (Wildman–Crippen MR) is 68.8 cm³/mol. The number of thiophene rings is 1. The molecule has 1 aliphatic rings. The van der Waals surface area contributed by atoms with Gasteiger partial charge in [0.2, 0.25) is 0 Å². The van der Waals surface area contributed by atoms with E-state index in [0.717, 1.165) is 6.42 Å². The number of hydrogen-bond donors (Lipinski definition) is 2. The van der Waals surface area contributed by atoms with Crippen LogP contribution >= 0.6 is 11.3 Å². The van der Waals surface area contributed by atoms with Crippen molar-refractivity contribution in [2.75, 3.05) is 6.61 Å². The highest BCUT2D eigenvalue weighted by Gasteiger charge is 2.19. The maximum absolute atomic E-state index is 9.13. The van der Waals surface area contributed by atoms with E-state index in [1.807, 2.05) is 0 Å². The van der Waals surface area contributed by atoms with Gasteiger partial charge in [-0.2, -0.15) is 0 Å². The summed E-state index contributed by atoms with van der Waals surface area (Å²) in [5, 5.41) is 15.0. The van der Waals surface area contributed by atoms with E-state index in [4.69, 9.17) is 5.11 Å². The van der Waals surface area contributed by atoms with Crippen LogP contribution in [0.4, 0.5) is 0 Å². The molecule has 90 valence electrons. The standard InChI is InChI=1S/C13H21NOS/c15-9-8-12(13-7-4-10-16-13)14-11-5-2-1-3-6-11/h4,7,10-12,14-15H,1-3,5-6,8-9H2.